The highest BCUT2D eigenvalue weighted by Crippen LogP contribution is 2.29. The molecule has 226 valence electrons. The van der Waals surface area contributed by atoms with Gasteiger partial charge in [0.2, 0.25) is 17.7 Å². The zero-order valence-corrected chi connectivity index (χ0v) is 22.1. The summed E-state index contributed by atoms with van der Waals surface area (Å²) in [5, 5.41) is 58.8. The Labute approximate surface area is 226 Å². The number of rotatable bonds is 14. The highest BCUT2D eigenvalue weighted by molar-refractivity contribution is 5.75. The van der Waals surface area contributed by atoms with Gasteiger partial charge < -0.3 is 66.2 Å². The highest BCUT2D eigenvalue weighted by Gasteiger charge is 2.52. The van der Waals surface area contributed by atoms with E-state index in [0.29, 0.717) is 25.8 Å². The van der Waals surface area contributed by atoms with Crippen LogP contribution in [0.25, 0.3) is 0 Å². The summed E-state index contributed by atoms with van der Waals surface area (Å²) in [6.07, 6.45) is -9.75. The highest BCUT2D eigenvalue weighted by atomic mass is 16.7. The van der Waals surface area contributed by atoms with Crippen molar-refractivity contribution >= 4 is 17.7 Å². The molecule has 3 amide bonds. The summed E-state index contributed by atoms with van der Waals surface area (Å²) in [4.78, 5) is 35.7. The number of carbonyl (C=O) groups excluding carboxylic acids is 3. The van der Waals surface area contributed by atoms with E-state index in [1.54, 1.807) is 0 Å². The zero-order valence-electron chi connectivity index (χ0n) is 22.1. The van der Waals surface area contributed by atoms with E-state index in [-0.39, 0.29) is 19.1 Å². The van der Waals surface area contributed by atoms with Gasteiger partial charge in [-0.2, -0.15) is 0 Å². The lowest BCUT2D eigenvalue weighted by molar-refractivity contribution is -0.328. The van der Waals surface area contributed by atoms with E-state index < -0.39 is 86.3 Å². The maximum absolute atomic E-state index is 12.0. The number of aliphatic hydroxyl groups is 5. The Morgan fingerprint density at radius 1 is 0.846 bits per heavy atom. The Morgan fingerprint density at radius 3 is 2.03 bits per heavy atom. The average Bonchev–Trinajstić information content (AvgIpc) is 2.88. The fourth-order valence-electron chi connectivity index (χ4n) is 4.39. The van der Waals surface area contributed by atoms with Crippen LogP contribution in [0, 0.1) is 0 Å². The number of carbonyl (C=O) groups is 3. The predicted octanol–water partition coefficient (Wildman–Crippen LogP) is -4.84. The Hall–Kier alpha value is -1.99. The molecule has 10 unspecified atom stereocenters. The van der Waals surface area contributed by atoms with Crippen molar-refractivity contribution in [3.8, 4) is 0 Å². The van der Waals surface area contributed by atoms with E-state index in [0.717, 1.165) is 0 Å². The molecule has 16 heteroatoms. The number of amides is 3. The first kappa shape index (κ1) is 33.2. The third kappa shape index (κ3) is 9.56. The molecule has 0 aromatic carbocycles. The lowest BCUT2D eigenvalue weighted by Crippen LogP contribution is -2.69. The van der Waals surface area contributed by atoms with E-state index in [9.17, 15) is 39.9 Å². The molecule has 10 atom stereocenters. The van der Waals surface area contributed by atoms with E-state index in [2.05, 4.69) is 16.0 Å². The molecule has 0 bridgehead atoms. The standard InChI is InChI=1S/C23H42N4O12/c1-11(30)26-16-20(35)18(33)13(9-28)38-23(16)39-21-17(27-12(2)31)22(37-14(10-29)19(21)34)36-8-7-25-15(32)5-3-4-6-24/h13-14,16-23,28-29,33-35H,3-10,24H2,1-2H3,(H,25,32)(H,26,30)(H,27,31). The lowest BCUT2D eigenvalue weighted by Gasteiger charge is -2.48. The van der Waals surface area contributed by atoms with Crippen molar-refractivity contribution in [3.63, 3.8) is 0 Å². The van der Waals surface area contributed by atoms with E-state index in [1.807, 2.05) is 0 Å². The first-order valence-electron chi connectivity index (χ1n) is 12.9. The molecule has 39 heavy (non-hydrogen) atoms. The molecule has 2 aliphatic heterocycles. The van der Waals surface area contributed by atoms with Crippen LogP contribution in [0.3, 0.4) is 0 Å². The normalized spacial score (nSPS) is 34.8. The van der Waals surface area contributed by atoms with Gasteiger partial charge in [0.1, 0.15) is 48.7 Å². The number of unbranched alkanes of at least 4 members (excludes halogenated alkanes) is 1. The molecule has 0 spiro atoms. The fourth-order valence-corrected chi connectivity index (χ4v) is 4.39. The van der Waals surface area contributed by atoms with E-state index in [1.165, 1.54) is 13.8 Å². The molecule has 0 saturated carbocycles. The Bertz CT molecular complexity index is 792. The average molecular weight is 567 g/mol. The van der Waals surface area contributed by atoms with Gasteiger partial charge in [-0.25, -0.2) is 0 Å². The lowest BCUT2D eigenvalue weighted by atomic mass is 9.94. The molecule has 2 heterocycles. The maximum Gasteiger partial charge on any atom is 0.220 e. The monoisotopic (exact) mass is 566 g/mol. The van der Waals surface area contributed by atoms with Gasteiger partial charge in [0, 0.05) is 26.8 Å². The molecule has 2 saturated heterocycles. The summed E-state index contributed by atoms with van der Waals surface area (Å²) in [5.41, 5.74) is 5.42. The van der Waals surface area contributed by atoms with E-state index >= 15 is 0 Å². The summed E-state index contributed by atoms with van der Waals surface area (Å²) >= 11 is 0. The zero-order chi connectivity index (χ0) is 29.1. The van der Waals surface area contributed by atoms with Gasteiger partial charge in [-0.3, -0.25) is 14.4 Å². The predicted molar refractivity (Wildman–Crippen MR) is 131 cm³/mol. The van der Waals surface area contributed by atoms with E-state index in [4.69, 9.17) is 24.7 Å². The molecule has 16 nitrogen and oxygen atoms in total. The first-order valence-corrected chi connectivity index (χ1v) is 12.9. The maximum atomic E-state index is 12.0. The number of nitrogens with one attached hydrogen (secondary N) is 3. The first-order chi connectivity index (χ1) is 18.5. The minimum absolute atomic E-state index is 0.0592. The Balaban J connectivity index is 2.20. The van der Waals surface area contributed by atoms with Crippen molar-refractivity contribution in [1.29, 1.82) is 0 Å². The number of hydrogen-bond donors (Lipinski definition) is 9. The minimum Gasteiger partial charge on any atom is -0.394 e. The van der Waals surface area contributed by atoms with Crippen molar-refractivity contribution in [3.05, 3.63) is 0 Å². The second-order valence-electron chi connectivity index (χ2n) is 9.44. The van der Waals surface area contributed by atoms with Crippen LogP contribution in [0.15, 0.2) is 0 Å². The number of ether oxygens (including phenoxy) is 4. The van der Waals surface area contributed by atoms with Gasteiger partial charge in [-0.05, 0) is 19.4 Å². The van der Waals surface area contributed by atoms with Crippen LogP contribution in [-0.2, 0) is 33.3 Å². The molecule has 2 fully saturated rings. The topological polar surface area (TPSA) is 251 Å². The molecule has 10 N–H and O–H groups in total. The third-order valence-electron chi connectivity index (χ3n) is 6.33. The number of hydrogen-bond acceptors (Lipinski definition) is 13. The summed E-state index contributed by atoms with van der Waals surface area (Å²) in [5.74, 6) is -1.32. The summed E-state index contributed by atoms with van der Waals surface area (Å²) in [6, 6.07) is -2.51. The number of nitrogens with two attached hydrogens (primary N) is 1. The summed E-state index contributed by atoms with van der Waals surface area (Å²) < 4.78 is 22.9. The van der Waals surface area contributed by atoms with Crippen LogP contribution in [0.5, 0.6) is 0 Å². The van der Waals surface area contributed by atoms with Crippen molar-refractivity contribution < 1.29 is 58.9 Å². The van der Waals surface area contributed by atoms with Crippen LogP contribution >= 0.6 is 0 Å². The molecule has 2 rings (SSSR count). The minimum atomic E-state index is -1.62. The van der Waals surface area contributed by atoms with Crippen LogP contribution < -0.4 is 21.7 Å². The van der Waals surface area contributed by atoms with Gasteiger partial charge in [0.05, 0.1) is 19.8 Å². The quantitative estimate of drug-likeness (QED) is 0.0896. The van der Waals surface area contributed by atoms with Gasteiger partial charge in [-0.15, -0.1) is 0 Å². The third-order valence-corrected chi connectivity index (χ3v) is 6.33. The molecule has 0 radical (unpaired) electrons. The smallest absolute Gasteiger partial charge is 0.220 e. The Morgan fingerprint density at radius 2 is 1.44 bits per heavy atom. The van der Waals surface area contributed by atoms with Crippen LogP contribution in [0.1, 0.15) is 33.1 Å². The number of aliphatic hydroxyl groups excluding tert-OH is 5. The molecule has 0 aromatic rings. The molecule has 2 aliphatic rings. The Kier molecular flexibility index (Phi) is 13.9. The van der Waals surface area contributed by atoms with Gasteiger partial charge in [0.25, 0.3) is 0 Å². The van der Waals surface area contributed by atoms with Gasteiger partial charge >= 0.3 is 0 Å². The molecule has 0 aromatic heterocycles. The van der Waals surface area contributed by atoms with Crippen LogP contribution in [0.2, 0.25) is 0 Å². The van der Waals surface area contributed by atoms with Crippen LogP contribution in [-0.4, -0.2) is 137 Å². The van der Waals surface area contributed by atoms with Gasteiger partial charge in [0.15, 0.2) is 12.6 Å². The molecule has 0 aliphatic carbocycles. The summed E-state index contributed by atoms with van der Waals surface area (Å²) in [7, 11) is 0. The SMILES string of the molecule is CC(=O)NC1C(OC2C(O)C(CO)OC(OCCNC(=O)CCCCN)C2NC(C)=O)OC(CO)C(O)C1O. The summed E-state index contributed by atoms with van der Waals surface area (Å²) in [6.45, 7) is 1.55. The fraction of sp³-hybridized carbons (Fsp3) is 0.870. The van der Waals surface area contributed by atoms with Crippen molar-refractivity contribution in [2.75, 3.05) is 32.9 Å². The van der Waals surface area contributed by atoms with Crippen molar-refractivity contribution in [2.45, 2.75) is 94.4 Å². The molecular weight excluding hydrogens is 524 g/mol. The van der Waals surface area contributed by atoms with Gasteiger partial charge in [-0.1, -0.05) is 0 Å². The van der Waals surface area contributed by atoms with Crippen molar-refractivity contribution in [1.82, 2.24) is 16.0 Å². The van der Waals surface area contributed by atoms with Crippen molar-refractivity contribution in [2.24, 2.45) is 5.73 Å². The molecular formula is C23H42N4O12. The van der Waals surface area contributed by atoms with Crippen LogP contribution in [0.4, 0.5) is 0 Å². The largest absolute Gasteiger partial charge is 0.394 e. The second-order valence-corrected chi connectivity index (χ2v) is 9.44. The second kappa shape index (κ2) is 16.3.